The van der Waals surface area contributed by atoms with Crippen molar-refractivity contribution in [2.24, 2.45) is 0 Å². The van der Waals surface area contributed by atoms with Crippen LogP contribution in [0.25, 0.3) is 0 Å². The number of nitrogens with one attached hydrogen (secondary N) is 1. The third kappa shape index (κ3) is 4.59. The van der Waals surface area contributed by atoms with Gasteiger partial charge >= 0.3 is 0 Å². The molecular formula is C14H21NO6. The smallest absolute Gasteiger partial charge is 0.261 e. The zero-order valence-corrected chi connectivity index (χ0v) is 12.1. The molecule has 7 nitrogen and oxygen atoms in total. The van der Waals surface area contributed by atoms with E-state index in [1.807, 2.05) is 0 Å². The molecule has 1 aromatic rings. The van der Waals surface area contributed by atoms with Crippen molar-refractivity contribution in [3.05, 3.63) is 24.3 Å². The van der Waals surface area contributed by atoms with Crippen molar-refractivity contribution in [1.82, 2.24) is 5.32 Å². The Bertz CT molecular complexity index is 435. The maximum Gasteiger partial charge on any atom is 0.261 e. The minimum Gasteiger partial charge on any atom is -0.497 e. The van der Waals surface area contributed by atoms with Crippen LogP contribution in [0, 0.1) is 0 Å². The molecule has 21 heavy (non-hydrogen) atoms. The minimum atomic E-state index is -1.46. The number of amides is 1. The topological polar surface area (TPSA) is 108 Å². The van der Waals surface area contributed by atoms with Gasteiger partial charge in [-0.15, -0.1) is 0 Å². The predicted molar refractivity (Wildman–Crippen MR) is 75.2 cm³/mol. The number of carbonyl (C=O) groups excluding carboxylic acids is 1. The molecule has 1 aromatic carbocycles. The molecule has 7 heteroatoms. The number of methoxy groups -OCH3 is 1. The van der Waals surface area contributed by atoms with Crippen LogP contribution in [-0.2, 0) is 4.79 Å². The molecule has 1 unspecified atom stereocenters. The fourth-order valence-electron chi connectivity index (χ4n) is 1.54. The SMILES string of the molecule is COc1ccc(OC(C)C(=O)NC(CO)(CO)CO)cc1. The van der Waals surface area contributed by atoms with Gasteiger partial charge in [0, 0.05) is 0 Å². The van der Waals surface area contributed by atoms with Crippen LogP contribution >= 0.6 is 0 Å². The van der Waals surface area contributed by atoms with E-state index in [1.165, 1.54) is 6.92 Å². The maximum atomic E-state index is 12.0. The molecule has 0 heterocycles. The quantitative estimate of drug-likeness (QED) is 0.505. The highest BCUT2D eigenvalue weighted by Crippen LogP contribution is 2.18. The molecule has 0 spiro atoms. The van der Waals surface area contributed by atoms with Crippen LogP contribution < -0.4 is 14.8 Å². The zero-order valence-electron chi connectivity index (χ0n) is 12.1. The van der Waals surface area contributed by atoms with Gasteiger partial charge in [0.05, 0.1) is 26.9 Å². The summed E-state index contributed by atoms with van der Waals surface area (Å²) in [6.07, 6.45) is -0.859. The average molecular weight is 299 g/mol. The largest absolute Gasteiger partial charge is 0.497 e. The van der Waals surface area contributed by atoms with E-state index >= 15 is 0 Å². The Labute approximate surface area is 123 Å². The monoisotopic (exact) mass is 299 g/mol. The lowest BCUT2D eigenvalue weighted by atomic mass is 10.0. The fourth-order valence-corrected chi connectivity index (χ4v) is 1.54. The molecular weight excluding hydrogens is 278 g/mol. The average Bonchev–Trinajstić information content (AvgIpc) is 2.53. The second-order valence-corrected chi connectivity index (χ2v) is 4.68. The van der Waals surface area contributed by atoms with Crippen molar-refractivity contribution in [2.45, 2.75) is 18.6 Å². The van der Waals surface area contributed by atoms with Crippen LogP contribution in [0.5, 0.6) is 11.5 Å². The molecule has 118 valence electrons. The molecule has 0 saturated heterocycles. The van der Waals surface area contributed by atoms with Crippen LogP contribution in [0.2, 0.25) is 0 Å². The van der Waals surface area contributed by atoms with E-state index in [1.54, 1.807) is 31.4 Å². The Morgan fingerprint density at radius 1 is 1.14 bits per heavy atom. The standard InChI is InChI=1S/C14H21NO6/c1-10(13(19)15-14(7-16,8-17)9-18)21-12-5-3-11(20-2)4-6-12/h3-6,10,16-18H,7-9H2,1-2H3,(H,15,19). The molecule has 0 fully saturated rings. The lowest BCUT2D eigenvalue weighted by Crippen LogP contribution is -2.59. The van der Waals surface area contributed by atoms with E-state index in [9.17, 15) is 4.79 Å². The van der Waals surface area contributed by atoms with Crippen molar-refractivity contribution in [3.63, 3.8) is 0 Å². The zero-order chi connectivity index (χ0) is 15.9. The molecule has 0 aromatic heterocycles. The summed E-state index contributed by atoms with van der Waals surface area (Å²) >= 11 is 0. The van der Waals surface area contributed by atoms with E-state index in [2.05, 4.69) is 5.32 Å². The Morgan fingerprint density at radius 3 is 2.05 bits per heavy atom. The van der Waals surface area contributed by atoms with E-state index in [-0.39, 0.29) is 0 Å². The lowest BCUT2D eigenvalue weighted by Gasteiger charge is -2.30. The van der Waals surface area contributed by atoms with Gasteiger partial charge in [-0.1, -0.05) is 0 Å². The van der Waals surface area contributed by atoms with Crippen LogP contribution in [0.1, 0.15) is 6.92 Å². The van der Waals surface area contributed by atoms with E-state index in [0.29, 0.717) is 11.5 Å². The van der Waals surface area contributed by atoms with Gasteiger partial charge in [-0.3, -0.25) is 4.79 Å². The number of hydrogen-bond donors (Lipinski definition) is 4. The molecule has 0 aliphatic heterocycles. The van der Waals surface area contributed by atoms with Crippen molar-refractivity contribution in [1.29, 1.82) is 0 Å². The summed E-state index contributed by atoms with van der Waals surface area (Å²) in [6, 6.07) is 6.69. The van der Waals surface area contributed by atoms with E-state index in [4.69, 9.17) is 24.8 Å². The van der Waals surface area contributed by atoms with Gasteiger partial charge in [-0.25, -0.2) is 0 Å². The van der Waals surface area contributed by atoms with E-state index < -0.39 is 37.4 Å². The molecule has 4 N–H and O–H groups in total. The summed E-state index contributed by atoms with van der Waals surface area (Å²) < 4.78 is 10.5. The number of aliphatic hydroxyl groups excluding tert-OH is 3. The highest BCUT2D eigenvalue weighted by Gasteiger charge is 2.32. The lowest BCUT2D eigenvalue weighted by molar-refractivity contribution is -0.131. The van der Waals surface area contributed by atoms with Crippen molar-refractivity contribution >= 4 is 5.91 Å². The minimum absolute atomic E-state index is 0.473. The van der Waals surface area contributed by atoms with Gasteiger partial charge in [0.15, 0.2) is 6.10 Å². The number of benzene rings is 1. The molecule has 0 bridgehead atoms. The van der Waals surface area contributed by atoms with Gasteiger partial charge in [0.2, 0.25) is 0 Å². The van der Waals surface area contributed by atoms with Crippen molar-refractivity contribution in [2.75, 3.05) is 26.9 Å². The number of carbonyl (C=O) groups is 1. The van der Waals surface area contributed by atoms with Gasteiger partial charge in [-0.2, -0.15) is 0 Å². The number of rotatable bonds is 8. The molecule has 0 aliphatic rings. The summed E-state index contributed by atoms with van der Waals surface area (Å²) in [5.41, 5.74) is -1.46. The second-order valence-electron chi connectivity index (χ2n) is 4.68. The summed E-state index contributed by atoms with van der Waals surface area (Å²) in [5, 5.41) is 29.9. The van der Waals surface area contributed by atoms with Crippen LogP contribution in [0.3, 0.4) is 0 Å². The molecule has 1 amide bonds. The predicted octanol–water partition coefficient (Wildman–Crippen LogP) is -0.706. The summed E-state index contributed by atoms with van der Waals surface area (Å²) in [4.78, 5) is 12.0. The number of ether oxygens (including phenoxy) is 2. The van der Waals surface area contributed by atoms with Crippen molar-refractivity contribution in [3.8, 4) is 11.5 Å². The Kier molecular flexibility index (Phi) is 6.41. The first-order valence-corrected chi connectivity index (χ1v) is 6.45. The van der Waals surface area contributed by atoms with Gasteiger partial charge < -0.3 is 30.1 Å². The molecule has 0 saturated carbocycles. The first kappa shape index (κ1) is 17.2. The normalized spacial score (nSPS) is 12.6. The van der Waals surface area contributed by atoms with Gasteiger partial charge in [-0.05, 0) is 31.2 Å². The first-order chi connectivity index (χ1) is 10.00. The van der Waals surface area contributed by atoms with E-state index in [0.717, 1.165) is 0 Å². The third-order valence-corrected chi connectivity index (χ3v) is 3.04. The van der Waals surface area contributed by atoms with Crippen molar-refractivity contribution < 1.29 is 29.6 Å². The highest BCUT2D eigenvalue weighted by molar-refractivity contribution is 5.81. The first-order valence-electron chi connectivity index (χ1n) is 6.45. The van der Waals surface area contributed by atoms with Gasteiger partial charge in [0.25, 0.3) is 5.91 Å². The molecule has 0 aliphatic carbocycles. The Hall–Kier alpha value is -1.83. The van der Waals surface area contributed by atoms with Crippen LogP contribution in [0.15, 0.2) is 24.3 Å². The third-order valence-electron chi connectivity index (χ3n) is 3.04. The second kappa shape index (κ2) is 7.82. The summed E-state index contributed by atoms with van der Waals surface area (Å²) in [5.74, 6) is 0.586. The highest BCUT2D eigenvalue weighted by atomic mass is 16.5. The fraction of sp³-hybridized carbons (Fsp3) is 0.500. The van der Waals surface area contributed by atoms with Crippen LogP contribution in [-0.4, -0.2) is 59.8 Å². The van der Waals surface area contributed by atoms with Crippen LogP contribution in [0.4, 0.5) is 0 Å². The summed E-state index contributed by atoms with van der Waals surface area (Å²) in [6.45, 7) is -0.223. The number of hydrogen-bond acceptors (Lipinski definition) is 6. The maximum absolute atomic E-state index is 12.0. The molecule has 1 atom stereocenters. The summed E-state index contributed by atoms with van der Waals surface area (Å²) in [7, 11) is 1.55. The number of aliphatic hydroxyl groups is 3. The molecule has 0 radical (unpaired) electrons. The Morgan fingerprint density at radius 2 is 1.62 bits per heavy atom. The Balaban J connectivity index is 2.65. The molecule has 1 rings (SSSR count). The van der Waals surface area contributed by atoms with Gasteiger partial charge in [0.1, 0.15) is 17.0 Å².